The monoisotopic (exact) mass is 238 g/mol. The minimum absolute atomic E-state index is 0.0309. The highest BCUT2D eigenvalue weighted by Crippen LogP contribution is 2.50. The molecule has 3 atom stereocenters. The van der Waals surface area contributed by atoms with Gasteiger partial charge in [-0.15, -0.1) is 0 Å². The predicted octanol–water partition coefficient (Wildman–Crippen LogP) is 1.98. The Morgan fingerprint density at radius 2 is 2.18 bits per heavy atom. The molecule has 1 heterocycles. The highest BCUT2D eigenvalue weighted by atomic mass is 16.6. The maximum atomic E-state index is 11.7. The summed E-state index contributed by atoms with van der Waals surface area (Å²) in [7, 11) is 0. The van der Waals surface area contributed by atoms with Crippen molar-refractivity contribution in [2.45, 2.75) is 51.2 Å². The fourth-order valence-corrected chi connectivity index (χ4v) is 2.61. The molecule has 0 aromatic rings. The first kappa shape index (κ1) is 12.1. The van der Waals surface area contributed by atoms with Gasteiger partial charge in [0.1, 0.15) is 11.2 Å². The number of esters is 2. The Bertz CT molecular complexity index is 400. The van der Waals surface area contributed by atoms with Crippen molar-refractivity contribution in [3.8, 4) is 0 Å². The van der Waals surface area contributed by atoms with Crippen molar-refractivity contribution in [3.05, 3.63) is 12.2 Å². The van der Waals surface area contributed by atoms with Crippen molar-refractivity contribution in [3.63, 3.8) is 0 Å². The van der Waals surface area contributed by atoms with Crippen LogP contribution in [0.3, 0.4) is 0 Å². The molecule has 0 aromatic heterocycles. The predicted molar refractivity (Wildman–Crippen MR) is 61.1 cm³/mol. The number of ether oxygens (including phenoxy) is 2. The highest BCUT2D eigenvalue weighted by Gasteiger charge is 2.60. The van der Waals surface area contributed by atoms with Crippen molar-refractivity contribution < 1.29 is 19.1 Å². The maximum absolute atomic E-state index is 11.7. The number of fused-ring (bicyclic) bond motifs is 2. The van der Waals surface area contributed by atoms with Crippen LogP contribution in [0.5, 0.6) is 0 Å². The van der Waals surface area contributed by atoms with E-state index >= 15 is 0 Å². The first-order valence-corrected chi connectivity index (χ1v) is 5.89. The van der Waals surface area contributed by atoms with Gasteiger partial charge < -0.3 is 9.47 Å². The average molecular weight is 238 g/mol. The van der Waals surface area contributed by atoms with Crippen molar-refractivity contribution in [2.75, 3.05) is 0 Å². The van der Waals surface area contributed by atoms with Crippen molar-refractivity contribution in [1.82, 2.24) is 0 Å². The van der Waals surface area contributed by atoms with Crippen LogP contribution < -0.4 is 0 Å². The third-order valence-electron chi connectivity index (χ3n) is 4.05. The molecule has 2 bridgehead atoms. The average Bonchev–Trinajstić information content (AvgIpc) is 2.47. The van der Waals surface area contributed by atoms with Gasteiger partial charge in [-0.3, -0.25) is 4.79 Å². The Hall–Kier alpha value is -1.32. The number of carbonyl (C=O) groups is 2. The van der Waals surface area contributed by atoms with Crippen LogP contribution in [-0.2, 0) is 19.1 Å². The Labute approximate surface area is 101 Å². The van der Waals surface area contributed by atoms with Crippen LogP contribution >= 0.6 is 0 Å². The number of hydrogen-bond acceptors (Lipinski definition) is 4. The standard InChI is InChI=1S/C13H18O4/c1-8(2)10(14)16-12(3)6-5-9-7-13(12,4)17-11(9)15/h9H,1,5-7H2,2-4H3. The lowest BCUT2D eigenvalue weighted by Gasteiger charge is -2.43. The molecule has 17 heavy (non-hydrogen) atoms. The van der Waals surface area contributed by atoms with Gasteiger partial charge in [-0.25, -0.2) is 4.79 Å². The molecular weight excluding hydrogens is 220 g/mol. The van der Waals surface area contributed by atoms with E-state index in [1.165, 1.54) is 0 Å². The van der Waals surface area contributed by atoms with E-state index in [-0.39, 0.29) is 11.9 Å². The number of carbonyl (C=O) groups excluding carboxylic acids is 2. The Morgan fingerprint density at radius 1 is 1.53 bits per heavy atom. The van der Waals surface area contributed by atoms with E-state index in [1.54, 1.807) is 6.92 Å². The van der Waals surface area contributed by atoms with Gasteiger partial charge in [0.05, 0.1) is 5.92 Å². The number of rotatable bonds is 2. The van der Waals surface area contributed by atoms with E-state index in [9.17, 15) is 9.59 Å². The quantitative estimate of drug-likeness (QED) is 0.545. The minimum atomic E-state index is -0.744. The lowest BCUT2D eigenvalue weighted by Crippen LogP contribution is -2.54. The second kappa shape index (κ2) is 3.59. The van der Waals surface area contributed by atoms with E-state index < -0.39 is 17.2 Å². The Morgan fingerprint density at radius 3 is 2.76 bits per heavy atom. The molecule has 0 spiro atoms. The summed E-state index contributed by atoms with van der Waals surface area (Å²) in [4.78, 5) is 23.2. The lowest BCUT2D eigenvalue weighted by molar-refractivity contribution is -0.194. The fourth-order valence-electron chi connectivity index (χ4n) is 2.61. The summed E-state index contributed by atoms with van der Waals surface area (Å²) in [6, 6.07) is 0. The molecule has 0 N–H and O–H groups in total. The van der Waals surface area contributed by atoms with E-state index in [4.69, 9.17) is 9.47 Å². The summed E-state index contributed by atoms with van der Waals surface area (Å²) in [5.41, 5.74) is -1.08. The molecule has 0 radical (unpaired) electrons. The Balaban J connectivity index is 2.23. The van der Waals surface area contributed by atoms with E-state index in [2.05, 4.69) is 6.58 Å². The summed E-state index contributed by atoms with van der Waals surface area (Å²) in [5, 5.41) is 0. The third kappa shape index (κ3) is 1.75. The normalized spacial score (nSPS) is 39.7. The van der Waals surface area contributed by atoms with Crippen LogP contribution in [0.25, 0.3) is 0 Å². The molecule has 1 aliphatic heterocycles. The Kier molecular flexibility index (Phi) is 2.56. The zero-order chi connectivity index (χ0) is 12.8. The van der Waals surface area contributed by atoms with Gasteiger partial charge in [0.15, 0.2) is 0 Å². The first-order valence-electron chi connectivity index (χ1n) is 5.89. The SMILES string of the molecule is C=C(C)C(=O)OC1(C)CCC2CC1(C)OC2=O. The molecule has 2 rings (SSSR count). The van der Waals surface area contributed by atoms with Gasteiger partial charge in [0.2, 0.25) is 0 Å². The molecule has 1 saturated heterocycles. The highest BCUT2D eigenvalue weighted by molar-refractivity contribution is 5.87. The van der Waals surface area contributed by atoms with Gasteiger partial charge in [-0.05, 0) is 33.6 Å². The molecule has 3 unspecified atom stereocenters. The van der Waals surface area contributed by atoms with E-state index in [0.29, 0.717) is 24.8 Å². The van der Waals surface area contributed by atoms with Crippen LogP contribution in [0.2, 0.25) is 0 Å². The second-order valence-corrected chi connectivity index (χ2v) is 5.49. The van der Waals surface area contributed by atoms with Crippen LogP contribution in [0.1, 0.15) is 40.0 Å². The minimum Gasteiger partial charge on any atom is -0.455 e. The molecule has 0 aromatic carbocycles. The zero-order valence-electron chi connectivity index (χ0n) is 10.5. The largest absolute Gasteiger partial charge is 0.455 e. The van der Waals surface area contributed by atoms with Crippen LogP contribution in [0.15, 0.2) is 12.2 Å². The third-order valence-corrected chi connectivity index (χ3v) is 4.05. The van der Waals surface area contributed by atoms with Gasteiger partial charge in [-0.2, -0.15) is 0 Å². The van der Waals surface area contributed by atoms with Gasteiger partial charge in [0, 0.05) is 12.0 Å². The lowest BCUT2D eigenvalue weighted by atomic mass is 9.71. The molecule has 0 amide bonds. The van der Waals surface area contributed by atoms with Gasteiger partial charge >= 0.3 is 11.9 Å². The van der Waals surface area contributed by atoms with Crippen molar-refractivity contribution in [1.29, 1.82) is 0 Å². The van der Waals surface area contributed by atoms with Crippen LogP contribution in [-0.4, -0.2) is 23.1 Å². The topological polar surface area (TPSA) is 52.6 Å². The second-order valence-electron chi connectivity index (χ2n) is 5.49. The molecule has 94 valence electrons. The van der Waals surface area contributed by atoms with E-state index in [0.717, 1.165) is 0 Å². The molecule has 4 heteroatoms. The molecule has 4 nitrogen and oxygen atoms in total. The molecule has 2 fully saturated rings. The molecule has 1 saturated carbocycles. The summed E-state index contributed by atoms with van der Waals surface area (Å²) in [6.45, 7) is 8.86. The van der Waals surface area contributed by atoms with Crippen LogP contribution in [0, 0.1) is 5.92 Å². The van der Waals surface area contributed by atoms with Gasteiger partial charge in [-0.1, -0.05) is 6.58 Å². The summed E-state index contributed by atoms with van der Waals surface area (Å²) in [5.74, 6) is -0.616. The van der Waals surface area contributed by atoms with Crippen LogP contribution in [0.4, 0.5) is 0 Å². The zero-order valence-corrected chi connectivity index (χ0v) is 10.5. The number of hydrogen-bond donors (Lipinski definition) is 0. The molecule has 2 aliphatic rings. The smallest absolute Gasteiger partial charge is 0.333 e. The van der Waals surface area contributed by atoms with Crippen molar-refractivity contribution in [2.24, 2.45) is 5.92 Å². The fraction of sp³-hybridized carbons (Fsp3) is 0.692. The van der Waals surface area contributed by atoms with Crippen molar-refractivity contribution >= 4 is 11.9 Å². The summed E-state index contributed by atoms with van der Waals surface area (Å²) in [6.07, 6.45) is 2.00. The molecular formula is C13H18O4. The maximum Gasteiger partial charge on any atom is 0.333 e. The van der Waals surface area contributed by atoms with E-state index in [1.807, 2.05) is 13.8 Å². The summed E-state index contributed by atoms with van der Waals surface area (Å²) >= 11 is 0. The molecule has 1 aliphatic carbocycles. The first-order chi connectivity index (χ1) is 7.77. The summed E-state index contributed by atoms with van der Waals surface area (Å²) < 4.78 is 10.9. The van der Waals surface area contributed by atoms with Gasteiger partial charge in [0.25, 0.3) is 0 Å².